The molecule has 1 aromatic carbocycles. The van der Waals surface area contributed by atoms with E-state index in [1.54, 1.807) is 11.0 Å². The number of hydrogen-bond donors (Lipinski definition) is 3. The Balaban J connectivity index is 1.61. The van der Waals surface area contributed by atoms with Gasteiger partial charge in [0.1, 0.15) is 16.6 Å². The molecule has 0 radical (unpaired) electrons. The third-order valence-corrected chi connectivity index (χ3v) is 5.50. The van der Waals surface area contributed by atoms with Gasteiger partial charge >= 0.3 is 6.03 Å². The van der Waals surface area contributed by atoms with Gasteiger partial charge in [0.15, 0.2) is 0 Å². The molecule has 158 valence electrons. The Hall–Kier alpha value is -2.59. The molecule has 1 aromatic rings. The predicted molar refractivity (Wildman–Crippen MR) is 102 cm³/mol. The van der Waals surface area contributed by atoms with Crippen LogP contribution >= 0.6 is 11.6 Å². The Morgan fingerprint density at radius 1 is 1.41 bits per heavy atom. The van der Waals surface area contributed by atoms with E-state index in [4.69, 9.17) is 16.3 Å². The lowest BCUT2D eigenvalue weighted by Crippen LogP contribution is -2.54. The fraction of sp³-hybridized carbons (Fsp3) is 0.500. The van der Waals surface area contributed by atoms with Crippen LogP contribution in [-0.4, -0.2) is 66.4 Å². The molecule has 0 spiro atoms. The molecule has 0 aliphatic carbocycles. The average Bonchev–Trinajstić information content (AvgIpc) is 2.93. The number of hydrogen-bond acceptors (Lipinski definition) is 6. The molecular formula is C18H22ClFN4O5. The second-order valence-electron chi connectivity index (χ2n) is 7.09. The molecule has 2 heterocycles. The van der Waals surface area contributed by atoms with Gasteiger partial charge in [0.2, 0.25) is 11.6 Å². The summed E-state index contributed by atoms with van der Waals surface area (Å²) < 4.78 is 19.2. The Bertz CT molecular complexity index is 854. The number of halogens is 2. The summed E-state index contributed by atoms with van der Waals surface area (Å²) in [5, 5.41) is 14.1. The van der Waals surface area contributed by atoms with E-state index < -0.39 is 23.5 Å². The Morgan fingerprint density at radius 2 is 2.14 bits per heavy atom. The number of piperazine rings is 1. The van der Waals surface area contributed by atoms with Gasteiger partial charge in [0, 0.05) is 50.3 Å². The summed E-state index contributed by atoms with van der Waals surface area (Å²) in [6.45, 7) is 3.12. The van der Waals surface area contributed by atoms with Gasteiger partial charge in [-0.05, 0) is 13.0 Å². The number of ether oxygens (including phenoxy) is 1. The molecular weight excluding hydrogens is 407 g/mol. The van der Waals surface area contributed by atoms with E-state index in [1.807, 2.05) is 17.1 Å². The van der Waals surface area contributed by atoms with Crippen molar-refractivity contribution in [2.24, 2.45) is 0 Å². The van der Waals surface area contributed by atoms with Gasteiger partial charge in [-0.1, -0.05) is 11.6 Å². The smallest absolute Gasteiger partial charge is 0.324 e. The van der Waals surface area contributed by atoms with Gasteiger partial charge in [-0.2, -0.15) is 0 Å². The maximum Gasteiger partial charge on any atom is 0.324 e. The maximum absolute atomic E-state index is 14.1. The second-order valence-corrected chi connectivity index (χ2v) is 7.47. The quantitative estimate of drug-likeness (QED) is 0.599. The van der Waals surface area contributed by atoms with Crippen LogP contribution in [0.25, 0.3) is 0 Å². The normalized spacial score (nSPS) is 24.4. The number of aliphatic hydroxyl groups is 1. The van der Waals surface area contributed by atoms with E-state index in [1.165, 1.54) is 13.2 Å². The number of rotatable bonds is 5. The number of nitrogens with one attached hydrogen (secondary N) is 2. The molecule has 9 nitrogen and oxygen atoms in total. The first-order chi connectivity index (χ1) is 13.6. The third kappa shape index (κ3) is 4.23. The van der Waals surface area contributed by atoms with E-state index in [9.17, 15) is 23.9 Å². The number of amides is 4. The van der Waals surface area contributed by atoms with E-state index in [0.717, 1.165) is 0 Å². The summed E-state index contributed by atoms with van der Waals surface area (Å²) in [7, 11) is 1.41. The maximum atomic E-state index is 14.1. The van der Waals surface area contributed by atoms with E-state index in [0.29, 0.717) is 25.3 Å². The highest BCUT2D eigenvalue weighted by Crippen LogP contribution is 2.34. The van der Waals surface area contributed by atoms with Gasteiger partial charge in [-0.15, -0.1) is 0 Å². The predicted octanol–water partition coefficient (Wildman–Crippen LogP) is 0.833. The number of methoxy groups -OCH3 is 1. The summed E-state index contributed by atoms with van der Waals surface area (Å²) in [5.41, 5.74) is -1.47. The lowest BCUT2D eigenvalue weighted by Gasteiger charge is -2.41. The van der Waals surface area contributed by atoms with Crippen molar-refractivity contribution in [1.29, 1.82) is 0 Å². The Labute approximate surface area is 171 Å². The van der Waals surface area contributed by atoms with E-state index >= 15 is 0 Å². The fourth-order valence-corrected chi connectivity index (χ4v) is 3.72. The minimum absolute atomic E-state index is 0.0845. The monoisotopic (exact) mass is 428 g/mol. The molecule has 0 bridgehead atoms. The first kappa shape index (κ1) is 21.1. The van der Waals surface area contributed by atoms with Crippen molar-refractivity contribution in [3.63, 3.8) is 0 Å². The van der Waals surface area contributed by atoms with E-state index in [2.05, 4.69) is 5.32 Å². The number of imide groups is 1. The summed E-state index contributed by atoms with van der Waals surface area (Å²) in [4.78, 5) is 38.9. The van der Waals surface area contributed by atoms with Gasteiger partial charge in [0.25, 0.3) is 5.91 Å². The van der Waals surface area contributed by atoms with Gasteiger partial charge in [-0.25, -0.2) is 9.18 Å². The molecule has 3 N–H and O–H groups in total. The summed E-state index contributed by atoms with van der Waals surface area (Å²) in [6.07, 6.45) is -0.335. The standard InChI is InChI=1S/C18H22ClFN4O5/c1-10-9-23(14(25)3-4-18(28)16(26)21-17(27)22-18)5-6-24(10)11-7-12(20)15(19)13(8-11)29-2/h7-8,10,28H,3-6,9H2,1-2H3,(H2,21,22,26,27)/t10-,18-/m0/s1. The minimum atomic E-state index is -2.07. The molecule has 0 saturated carbocycles. The fourth-order valence-electron chi connectivity index (χ4n) is 3.54. The van der Waals surface area contributed by atoms with Gasteiger partial charge < -0.3 is 25.0 Å². The highest BCUT2D eigenvalue weighted by molar-refractivity contribution is 6.32. The number of anilines is 1. The van der Waals surface area contributed by atoms with E-state index in [-0.39, 0.29) is 35.6 Å². The zero-order valence-electron chi connectivity index (χ0n) is 16.0. The first-order valence-corrected chi connectivity index (χ1v) is 9.46. The van der Waals surface area contributed by atoms with Crippen LogP contribution in [-0.2, 0) is 9.59 Å². The first-order valence-electron chi connectivity index (χ1n) is 9.08. The van der Waals surface area contributed by atoms with Gasteiger partial charge in [-0.3, -0.25) is 14.9 Å². The topological polar surface area (TPSA) is 111 Å². The van der Waals surface area contributed by atoms with Crippen LogP contribution in [0.15, 0.2) is 12.1 Å². The molecule has 2 aliphatic rings. The van der Waals surface area contributed by atoms with Crippen LogP contribution in [0.5, 0.6) is 5.75 Å². The average molecular weight is 429 g/mol. The van der Waals surface area contributed by atoms with Crippen LogP contribution in [0.2, 0.25) is 5.02 Å². The van der Waals surface area contributed by atoms with Crippen molar-refractivity contribution in [2.45, 2.75) is 31.5 Å². The molecule has 0 unspecified atom stereocenters. The van der Waals surface area contributed by atoms with Crippen LogP contribution in [0.4, 0.5) is 14.9 Å². The van der Waals surface area contributed by atoms with Crippen LogP contribution < -0.4 is 20.3 Å². The minimum Gasteiger partial charge on any atom is -0.495 e. The molecule has 0 aromatic heterocycles. The lowest BCUT2D eigenvalue weighted by molar-refractivity contribution is -0.140. The zero-order chi connectivity index (χ0) is 21.3. The summed E-state index contributed by atoms with van der Waals surface area (Å²) >= 11 is 5.88. The van der Waals surface area contributed by atoms with Crippen molar-refractivity contribution in [3.8, 4) is 5.75 Å². The number of carbonyl (C=O) groups is 3. The molecule has 2 fully saturated rings. The molecule has 2 aliphatic heterocycles. The zero-order valence-corrected chi connectivity index (χ0v) is 16.8. The second kappa shape index (κ2) is 8.03. The molecule has 3 rings (SSSR count). The van der Waals surface area contributed by atoms with Crippen LogP contribution in [0.3, 0.4) is 0 Å². The molecule has 2 atom stereocenters. The highest BCUT2D eigenvalue weighted by atomic mass is 35.5. The molecule has 4 amide bonds. The summed E-state index contributed by atoms with van der Waals surface area (Å²) in [6, 6.07) is 2.07. The lowest BCUT2D eigenvalue weighted by atomic mass is 10.1. The van der Waals surface area contributed by atoms with Crippen molar-refractivity contribution in [3.05, 3.63) is 23.0 Å². The molecule has 2 saturated heterocycles. The SMILES string of the molecule is COc1cc(N2CCN(C(=O)CC[C@@]3(O)NC(=O)NC3=O)C[C@@H]2C)cc(F)c1Cl. The number of carbonyl (C=O) groups excluding carboxylic acids is 3. The largest absolute Gasteiger partial charge is 0.495 e. The molecule has 29 heavy (non-hydrogen) atoms. The van der Waals surface area contributed by atoms with Crippen molar-refractivity contribution in [1.82, 2.24) is 15.5 Å². The van der Waals surface area contributed by atoms with Crippen LogP contribution in [0.1, 0.15) is 19.8 Å². The number of benzene rings is 1. The van der Waals surface area contributed by atoms with Crippen molar-refractivity contribution >= 4 is 35.1 Å². The van der Waals surface area contributed by atoms with Crippen LogP contribution in [0, 0.1) is 5.82 Å². The van der Waals surface area contributed by atoms with Gasteiger partial charge in [0.05, 0.1) is 7.11 Å². The Kier molecular flexibility index (Phi) is 5.85. The molecule has 11 heteroatoms. The number of urea groups is 1. The van der Waals surface area contributed by atoms with Crippen molar-refractivity contribution in [2.75, 3.05) is 31.6 Å². The Morgan fingerprint density at radius 3 is 2.72 bits per heavy atom. The third-order valence-electron chi connectivity index (χ3n) is 5.14. The van der Waals surface area contributed by atoms with Crippen molar-refractivity contribution < 1.29 is 28.6 Å². The number of nitrogens with zero attached hydrogens (tertiary/aromatic N) is 2. The highest BCUT2D eigenvalue weighted by Gasteiger charge is 2.44. The summed E-state index contributed by atoms with van der Waals surface area (Å²) in [5.74, 6) is -1.47.